The van der Waals surface area contributed by atoms with Crippen LogP contribution in [0.5, 0.6) is 0 Å². The van der Waals surface area contributed by atoms with Crippen LogP contribution < -0.4 is 5.73 Å². The van der Waals surface area contributed by atoms with E-state index in [9.17, 15) is 13.6 Å². The van der Waals surface area contributed by atoms with E-state index in [-0.39, 0.29) is 31.5 Å². The van der Waals surface area contributed by atoms with Crippen molar-refractivity contribution < 1.29 is 18.3 Å². The maximum Gasteiger partial charge on any atom is 0.255 e. The minimum atomic E-state index is -2.51. The first-order valence-corrected chi connectivity index (χ1v) is 6.51. The zero-order chi connectivity index (χ0) is 13.4. The van der Waals surface area contributed by atoms with Crippen molar-refractivity contribution in [2.75, 3.05) is 26.2 Å². The normalized spacial score (nSPS) is 20.1. The molecule has 4 nitrogen and oxygen atoms in total. The van der Waals surface area contributed by atoms with Gasteiger partial charge in [-0.2, -0.15) is 0 Å². The largest absolute Gasteiger partial charge is 0.378 e. The fraction of sp³-hybridized carbons (Fsp3) is 0.917. The van der Waals surface area contributed by atoms with Crippen LogP contribution in [-0.4, -0.2) is 49.6 Å². The van der Waals surface area contributed by atoms with Crippen molar-refractivity contribution in [3.63, 3.8) is 0 Å². The van der Waals surface area contributed by atoms with Gasteiger partial charge in [0.15, 0.2) is 0 Å². The highest BCUT2D eigenvalue weighted by Crippen LogP contribution is 2.17. The first-order chi connectivity index (χ1) is 8.63. The zero-order valence-electron chi connectivity index (χ0n) is 10.6. The van der Waals surface area contributed by atoms with Gasteiger partial charge in [0.1, 0.15) is 0 Å². The summed E-state index contributed by atoms with van der Waals surface area (Å²) in [6.07, 6.45) is 1.61. The first-order valence-electron chi connectivity index (χ1n) is 6.51. The fourth-order valence-corrected chi connectivity index (χ4v) is 2.12. The molecule has 0 bridgehead atoms. The molecule has 0 saturated carbocycles. The number of alkyl halides is 2. The highest BCUT2D eigenvalue weighted by Gasteiger charge is 2.20. The van der Waals surface area contributed by atoms with Crippen LogP contribution in [0.2, 0.25) is 0 Å². The van der Waals surface area contributed by atoms with Crippen LogP contribution in [-0.2, 0) is 9.53 Å². The van der Waals surface area contributed by atoms with Gasteiger partial charge >= 0.3 is 0 Å². The Hall–Kier alpha value is -0.750. The second-order valence-corrected chi connectivity index (χ2v) is 4.55. The number of ether oxygens (including phenoxy) is 1. The van der Waals surface area contributed by atoms with E-state index in [1.807, 2.05) is 0 Å². The van der Waals surface area contributed by atoms with Gasteiger partial charge in [0.25, 0.3) is 6.43 Å². The summed E-state index contributed by atoms with van der Waals surface area (Å²) in [5.74, 6) is -0.255. The third-order valence-electron chi connectivity index (χ3n) is 3.06. The van der Waals surface area contributed by atoms with Crippen molar-refractivity contribution >= 4 is 5.91 Å². The molecule has 1 saturated heterocycles. The zero-order valence-corrected chi connectivity index (χ0v) is 10.6. The Bertz CT molecular complexity index is 246. The van der Waals surface area contributed by atoms with Crippen LogP contribution in [0, 0.1) is 0 Å². The van der Waals surface area contributed by atoms with E-state index in [0.29, 0.717) is 6.42 Å². The third-order valence-corrected chi connectivity index (χ3v) is 3.06. The molecule has 1 amide bonds. The molecule has 18 heavy (non-hydrogen) atoms. The van der Waals surface area contributed by atoms with E-state index in [0.717, 1.165) is 30.8 Å². The van der Waals surface area contributed by atoms with Gasteiger partial charge in [0.05, 0.1) is 12.6 Å². The molecular formula is C12H22F2N2O2. The van der Waals surface area contributed by atoms with E-state index in [1.54, 1.807) is 0 Å². The lowest BCUT2D eigenvalue weighted by Crippen LogP contribution is -2.39. The van der Waals surface area contributed by atoms with Crippen molar-refractivity contribution in [2.24, 2.45) is 5.73 Å². The minimum Gasteiger partial charge on any atom is -0.378 e. The number of hydrogen-bond donors (Lipinski definition) is 1. The lowest BCUT2D eigenvalue weighted by atomic mass is 10.0. The summed E-state index contributed by atoms with van der Waals surface area (Å²) in [7, 11) is 0. The van der Waals surface area contributed by atoms with Crippen molar-refractivity contribution in [3.05, 3.63) is 0 Å². The van der Waals surface area contributed by atoms with Gasteiger partial charge in [-0.1, -0.05) is 0 Å². The van der Waals surface area contributed by atoms with Gasteiger partial charge in [-0.25, -0.2) is 8.78 Å². The van der Waals surface area contributed by atoms with Gasteiger partial charge in [-0.15, -0.1) is 0 Å². The highest BCUT2D eigenvalue weighted by molar-refractivity contribution is 5.76. The molecule has 1 atom stereocenters. The molecule has 1 aliphatic heterocycles. The third kappa shape index (κ3) is 5.73. The number of nitrogens with two attached hydrogens (primary N) is 1. The SMILES string of the molecule is NCCN(CC(F)F)C(=O)CCC1CCCCO1. The molecule has 0 spiro atoms. The molecule has 1 unspecified atom stereocenters. The molecule has 1 fully saturated rings. The average Bonchev–Trinajstić information content (AvgIpc) is 2.36. The Kier molecular flexibility index (Phi) is 7.12. The standard InChI is InChI=1S/C12H22F2N2O2/c13-11(14)9-16(7-6-15)12(17)5-4-10-3-1-2-8-18-10/h10-11H,1-9,15H2. The summed E-state index contributed by atoms with van der Waals surface area (Å²) in [5.41, 5.74) is 5.32. The maximum atomic E-state index is 12.3. The van der Waals surface area contributed by atoms with Crippen molar-refractivity contribution in [1.29, 1.82) is 0 Å². The fourth-order valence-electron chi connectivity index (χ4n) is 2.12. The molecule has 0 radical (unpaired) electrons. The van der Waals surface area contributed by atoms with Crippen LogP contribution in [0.4, 0.5) is 8.78 Å². The Balaban J connectivity index is 2.30. The van der Waals surface area contributed by atoms with Crippen LogP contribution in [0.3, 0.4) is 0 Å². The second-order valence-electron chi connectivity index (χ2n) is 4.55. The van der Waals surface area contributed by atoms with Crippen molar-refractivity contribution in [3.8, 4) is 0 Å². The van der Waals surface area contributed by atoms with E-state index in [4.69, 9.17) is 10.5 Å². The van der Waals surface area contributed by atoms with E-state index in [2.05, 4.69) is 0 Å². The summed E-state index contributed by atoms with van der Waals surface area (Å²) < 4.78 is 30.1. The molecule has 6 heteroatoms. The summed E-state index contributed by atoms with van der Waals surface area (Å²) in [6, 6.07) is 0. The molecule has 1 rings (SSSR count). The lowest BCUT2D eigenvalue weighted by molar-refractivity contribution is -0.134. The summed E-state index contributed by atoms with van der Waals surface area (Å²) in [4.78, 5) is 12.9. The number of hydrogen-bond acceptors (Lipinski definition) is 3. The summed E-state index contributed by atoms with van der Waals surface area (Å²) in [5, 5.41) is 0. The molecule has 0 aliphatic carbocycles. The molecule has 1 heterocycles. The first kappa shape index (κ1) is 15.3. The Morgan fingerprint density at radius 2 is 2.22 bits per heavy atom. The highest BCUT2D eigenvalue weighted by atomic mass is 19.3. The van der Waals surface area contributed by atoms with Gasteiger partial charge in [0, 0.05) is 26.1 Å². The quantitative estimate of drug-likeness (QED) is 0.756. The molecule has 0 aromatic rings. The summed E-state index contributed by atoms with van der Waals surface area (Å²) in [6.45, 7) is 0.608. The Morgan fingerprint density at radius 1 is 1.44 bits per heavy atom. The van der Waals surface area contributed by atoms with Crippen LogP contribution in [0.15, 0.2) is 0 Å². The van der Waals surface area contributed by atoms with Gasteiger partial charge in [0.2, 0.25) is 5.91 Å². The van der Waals surface area contributed by atoms with Gasteiger partial charge < -0.3 is 15.4 Å². The topological polar surface area (TPSA) is 55.6 Å². The number of nitrogens with zero attached hydrogens (tertiary/aromatic N) is 1. The van der Waals surface area contributed by atoms with Crippen LogP contribution in [0.25, 0.3) is 0 Å². The number of halogens is 2. The van der Waals surface area contributed by atoms with Gasteiger partial charge in [-0.05, 0) is 25.7 Å². The van der Waals surface area contributed by atoms with E-state index < -0.39 is 13.0 Å². The maximum absolute atomic E-state index is 12.3. The van der Waals surface area contributed by atoms with Crippen molar-refractivity contribution in [2.45, 2.75) is 44.6 Å². The summed E-state index contributed by atoms with van der Waals surface area (Å²) >= 11 is 0. The Labute approximate surface area is 106 Å². The molecule has 1 aliphatic rings. The number of amides is 1. The van der Waals surface area contributed by atoms with Crippen LogP contribution >= 0.6 is 0 Å². The Morgan fingerprint density at radius 3 is 2.78 bits per heavy atom. The van der Waals surface area contributed by atoms with E-state index in [1.165, 1.54) is 0 Å². The van der Waals surface area contributed by atoms with E-state index >= 15 is 0 Å². The second kappa shape index (κ2) is 8.37. The molecule has 2 N–H and O–H groups in total. The predicted molar refractivity (Wildman–Crippen MR) is 64.5 cm³/mol. The van der Waals surface area contributed by atoms with Crippen LogP contribution in [0.1, 0.15) is 32.1 Å². The van der Waals surface area contributed by atoms with Gasteiger partial charge in [-0.3, -0.25) is 4.79 Å². The predicted octanol–water partition coefficient (Wildman–Crippen LogP) is 1.39. The minimum absolute atomic E-state index is 0.106. The van der Waals surface area contributed by atoms with Crippen molar-refractivity contribution in [1.82, 2.24) is 4.90 Å². The lowest BCUT2D eigenvalue weighted by Gasteiger charge is -2.25. The molecule has 106 valence electrons. The molecule has 0 aromatic heterocycles. The number of carbonyl (C=O) groups is 1. The monoisotopic (exact) mass is 264 g/mol. The number of rotatable bonds is 7. The number of carbonyl (C=O) groups excluding carboxylic acids is 1. The average molecular weight is 264 g/mol. The molecule has 0 aromatic carbocycles. The molecular weight excluding hydrogens is 242 g/mol. The smallest absolute Gasteiger partial charge is 0.255 e.